The average molecular weight is 376 g/mol. The number of aromatic amines is 1. The summed E-state index contributed by atoms with van der Waals surface area (Å²) in [5.41, 5.74) is -0.525. The zero-order chi connectivity index (χ0) is 19.0. The molecule has 1 saturated heterocycles. The van der Waals surface area contributed by atoms with Crippen molar-refractivity contribution in [2.24, 2.45) is 0 Å². The van der Waals surface area contributed by atoms with Crippen molar-refractivity contribution in [1.29, 1.82) is 0 Å². The predicted octanol–water partition coefficient (Wildman–Crippen LogP) is 2.12. The van der Waals surface area contributed by atoms with Crippen molar-refractivity contribution in [3.63, 3.8) is 0 Å². The molecule has 1 N–H and O–H groups in total. The highest BCUT2D eigenvalue weighted by molar-refractivity contribution is 5.89. The van der Waals surface area contributed by atoms with Gasteiger partial charge in [-0.1, -0.05) is 0 Å². The molecule has 0 bridgehead atoms. The van der Waals surface area contributed by atoms with E-state index in [1.165, 1.54) is 18.5 Å². The number of H-pyrrole nitrogens is 1. The van der Waals surface area contributed by atoms with Crippen LogP contribution in [0.5, 0.6) is 0 Å². The van der Waals surface area contributed by atoms with Crippen molar-refractivity contribution in [2.45, 2.75) is 6.43 Å². The maximum Gasteiger partial charge on any atom is 0.280 e. The van der Waals surface area contributed by atoms with Gasteiger partial charge < -0.3 is 9.80 Å². The van der Waals surface area contributed by atoms with Crippen LogP contribution in [-0.4, -0.2) is 46.1 Å². The first-order chi connectivity index (χ1) is 13.0. The molecule has 1 fully saturated rings. The molecule has 0 aliphatic carbocycles. The number of alkyl halides is 2. The first-order valence-electron chi connectivity index (χ1n) is 8.31. The van der Waals surface area contributed by atoms with Crippen molar-refractivity contribution < 1.29 is 13.2 Å². The number of nitrogens with one attached hydrogen (secondary N) is 1. The summed E-state index contributed by atoms with van der Waals surface area (Å²) in [5.74, 6) is 0.362. The molecular weight excluding hydrogens is 361 g/mol. The second-order valence-corrected chi connectivity index (χ2v) is 6.13. The third-order valence-electron chi connectivity index (χ3n) is 4.43. The largest absolute Gasteiger partial charge is 0.352 e. The fourth-order valence-electron chi connectivity index (χ4n) is 3.12. The lowest BCUT2D eigenvalue weighted by molar-refractivity contribution is 0.146. The van der Waals surface area contributed by atoms with Crippen molar-refractivity contribution in [3.05, 3.63) is 52.5 Å². The number of rotatable bonds is 3. The van der Waals surface area contributed by atoms with E-state index in [4.69, 9.17) is 0 Å². The normalized spacial score (nSPS) is 15.0. The molecule has 0 unspecified atom stereocenters. The van der Waals surface area contributed by atoms with Crippen LogP contribution in [0.25, 0.3) is 10.9 Å². The van der Waals surface area contributed by atoms with Crippen LogP contribution in [0.15, 0.2) is 35.4 Å². The Morgan fingerprint density at radius 2 is 1.78 bits per heavy atom. The standard InChI is InChI=1S/C17H15F3N6O/c18-10-1-2-12-11(7-10)16(22-9-21-12)25-3-5-26(6-4-25)17-23-13(15(19)20)8-14(27)24-17/h1-2,7-9,15H,3-6H2,(H,23,24,27). The minimum Gasteiger partial charge on any atom is -0.352 e. The zero-order valence-corrected chi connectivity index (χ0v) is 14.1. The van der Waals surface area contributed by atoms with Crippen molar-refractivity contribution in [3.8, 4) is 0 Å². The number of benzene rings is 1. The van der Waals surface area contributed by atoms with Crippen LogP contribution in [0.1, 0.15) is 12.1 Å². The highest BCUT2D eigenvalue weighted by atomic mass is 19.3. The number of hydrogen-bond acceptors (Lipinski definition) is 6. The van der Waals surface area contributed by atoms with E-state index in [-0.39, 0.29) is 11.8 Å². The summed E-state index contributed by atoms with van der Waals surface area (Å²) in [7, 11) is 0. The molecule has 7 nitrogen and oxygen atoms in total. The molecule has 0 atom stereocenters. The molecule has 1 aromatic carbocycles. The second kappa shape index (κ2) is 6.86. The Hall–Kier alpha value is -3.17. The van der Waals surface area contributed by atoms with Crippen LogP contribution in [0.2, 0.25) is 0 Å². The maximum atomic E-state index is 13.6. The lowest BCUT2D eigenvalue weighted by Crippen LogP contribution is -2.48. The maximum absolute atomic E-state index is 13.6. The van der Waals surface area contributed by atoms with Gasteiger partial charge in [0.1, 0.15) is 23.7 Å². The van der Waals surface area contributed by atoms with Gasteiger partial charge in [-0.15, -0.1) is 0 Å². The number of halogens is 3. The average Bonchev–Trinajstić information content (AvgIpc) is 2.67. The molecule has 140 valence electrons. The minimum atomic E-state index is -2.81. The monoisotopic (exact) mass is 376 g/mol. The van der Waals surface area contributed by atoms with Gasteiger partial charge >= 0.3 is 0 Å². The Bertz CT molecular complexity index is 1030. The van der Waals surface area contributed by atoms with E-state index >= 15 is 0 Å². The zero-order valence-electron chi connectivity index (χ0n) is 14.1. The summed E-state index contributed by atoms with van der Waals surface area (Å²) in [6.07, 6.45) is -1.39. The molecule has 0 amide bonds. The van der Waals surface area contributed by atoms with Gasteiger partial charge in [-0.2, -0.15) is 0 Å². The van der Waals surface area contributed by atoms with Crippen LogP contribution >= 0.6 is 0 Å². The fraction of sp³-hybridized carbons (Fsp3) is 0.294. The van der Waals surface area contributed by atoms with Crippen LogP contribution in [0.3, 0.4) is 0 Å². The Morgan fingerprint density at radius 3 is 2.52 bits per heavy atom. The third-order valence-corrected chi connectivity index (χ3v) is 4.43. The molecule has 4 rings (SSSR count). The molecule has 0 spiro atoms. The topological polar surface area (TPSA) is 78.0 Å². The smallest absolute Gasteiger partial charge is 0.280 e. The minimum absolute atomic E-state index is 0.121. The number of hydrogen-bond donors (Lipinski definition) is 1. The molecule has 27 heavy (non-hydrogen) atoms. The molecule has 3 heterocycles. The van der Waals surface area contributed by atoms with E-state index in [0.717, 1.165) is 6.07 Å². The van der Waals surface area contributed by atoms with E-state index in [0.29, 0.717) is 42.9 Å². The first-order valence-corrected chi connectivity index (χ1v) is 8.31. The second-order valence-electron chi connectivity index (χ2n) is 6.13. The van der Waals surface area contributed by atoms with E-state index in [2.05, 4.69) is 19.9 Å². The number of anilines is 2. The van der Waals surface area contributed by atoms with Gasteiger partial charge in [-0.05, 0) is 18.2 Å². The quantitative estimate of drug-likeness (QED) is 0.755. The number of aromatic nitrogens is 4. The summed E-state index contributed by atoms with van der Waals surface area (Å²) in [6.45, 7) is 1.89. The summed E-state index contributed by atoms with van der Waals surface area (Å²) in [6, 6.07) is 5.12. The molecule has 1 aliphatic heterocycles. The molecule has 1 aliphatic rings. The van der Waals surface area contributed by atoms with Crippen molar-refractivity contribution in [2.75, 3.05) is 36.0 Å². The molecular formula is C17H15F3N6O. The van der Waals surface area contributed by atoms with E-state index in [9.17, 15) is 18.0 Å². The highest BCUT2D eigenvalue weighted by Gasteiger charge is 2.23. The molecule has 2 aromatic heterocycles. The van der Waals surface area contributed by atoms with Crippen molar-refractivity contribution >= 4 is 22.7 Å². The van der Waals surface area contributed by atoms with E-state index in [1.54, 1.807) is 11.0 Å². The Balaban J connectivity index is 1.57. The number of fused-ring (bicyclic) bond motifs is 1. The molecule has 3 aromatic rings. The Kier molecular flexibility index (Phi) is 4.38. The Morgan fingerprint density at radius 1 is 1.04 bits per heavy atom. The predicted molar refractivity (Wildman–Crippen MR) is 93.7 cm³/mol. The van der Waals surface area contributed by atoms with Crippen LogP contribution < -0.4 is 15.4 Å². The van der Waals surface area contributed by atoms with E-state index in [1.807, 2.05) is 4.90 Å². The summed E-state index contributed by atoms with van der Waals surface area (Å²) < 4.78 is 39.4. The summed E-state index contributed by atoms with van der Waals surface area (Å²) in [4.78, 5) is 30.1. The lowest BCUT2D eigenvalue weighted by atomic mass is 10.2. The Labute approximate surface area is 151 Å². The fourth-order valence-corrected chi connectivity index (χ4v) is 3.12. The van der Waals surface area contributed by atoms with Crippen molar-refractivity contribution in [1.82, 2.24) is 19.9 Å². The van der Waals surface area contributed by atoms with Gasteiger partial charge in [-0.25, -0.2) is 28.1 Å². The third kappa shape index (κ3) is 3.42. The van der Waals surface area contributed by atoms with Gasteiger partial charge in [-0.3, -0.25) is 9.78 Å². The highest BCUT2D eigenvalue weighted by Crippen LogP contribution is 2.25. The summed E-state index contributed by atoms with van der Waals surface area (Å²) in [5, 5.41) is 0.608. The first kappa shape index (κ1) is 17.3. The number of piperazine rings is 1. The van der Waals surface area contributed by atoms with Gasteiger partial charge in [0.15, 0.2) is 0 Å². The number of nitrogens with zero attached hydrogens (tertiary/aromatic N) is 5. The van der Waals surface area contributed by atoms with Crippen LogP contribution in [-0.2, 0) is 0 Å². The van der Waals surface area contributed by atoms with Crippen LogP contribution in [0, 0.1) is 5.82 Å². The molecule has 0 radical (unpaired) electrons. The van der Waals surface area contributed by atoms with Gasteiger partial charge in [0.05, 0.1) is 5.52 Å². The summed E-state index contributed by atoms with van der Waals surface area (Å²) >= 11 is 0. The van der Waals surface area contributed by atoms with Gasteiger partial charge in [0, 0.05) is 37.6 Å². The molecule has 0 saturated carbocycles. The van der Waals surface area contributed by atoms with Crippen LogP contribution in [0.4, 0.5) is 24.9 Å². The van der Waals surface area contributed by atoms with Gasteiger partial charge in [0.2, 0.25) is 5.95 Å². The molecule has 10 heteroatoms. The lowest BCUT2D eigenvalue weighted by Gasteiger charge is -2.36. The van der Waals surface area contributed by atoms with E-state index < -0.39 is 17.7 Å². The van der Waals surface area contributed by atoms with Gasteiger partial charge in [0.25, 0.3) is 12.0 Å². The SMILES string of the molecule is O=c1cc(C(F)F)nc(N2CCN(c3ncnc4ccc(F)cc34)CC2)[nH]1.